The van der Waals surface area contributed by atoms with Crippen LogP contribution >= 0.6 is 0 Å². The zero-order valence-electron chi connectivity index (χ0n) is 11.0. The van der Waals surface area contributed by atoms with Crippen LogP contribution in [0, 0.1) is 0 Å². The molecule has 0 amide bonds. The molecule has 94 valence electrons. The third-order valence-electron chi connectivity index (χ3n) is 4.23. The summed E-state index contributed by atoms with van der Waals surface area (Å²) in [5.74, 6) is 0. The van der Waals surface area contributed by atoms with E-state index in [2.05, 4.69) is 25.6 Å². The first-order valence-corrected chi connectivity index (χ1v) is 6.67. The van der Waals surface area contributed by atoms with Gasteiger partial charge in [0, 0.05) is 11.6 Å². The van der Waals surface area contributed by atoms with E-state index in [1.807, 2.05) is 6.08 Å². The molecule has 1 unspecified atom stereocenters. The van der Waals surface area contributed by atoms with Crippen molar-refractivity contribution in [3.63, 3.8) is 0 Å². The van der Waals surface area contributed by atoms with Gasteiger partial charge in [-0.05, 0) is 39.8 Å². The maximum Gasteiger partial charge on any atom is 0.0354 e. The SMILES string of the molecule is C=CCCC(N)C1(N(C)C)CCCCCC1. The van der Waals surface area contributed by atoms with Gasteiger partial charge >= 0.3 is 0 Å². The zero-order valence-corrected chi connectivity index (χ0v) is 11.0. The van der Waals surface area contributed by atoms with E-state index in [9.17, 15) is 0 Å². The molecule has 1 atom stereocenters. The molecule has 0 heterocycles. The number of nitrogens with two attached hydrogens (primary N) is 1. The predicted molar refractivity (Wildman–Crippen MR) is 71.5 cm³/mol. The van der Waals surface area contributed by atoms with Crippen molar-refractivity contribution in [3.05, 3.63) is 12.7 Å². The van der Waals surface area contributed by atoms with Crippen LogP contribution < -0.4 is 5.73 Å². The first-order valence-electron chi connectivity index (χ1n) is 6.67. The van der Waals surface area contributed by atoms with Crippen molar-refractivity contribution < 1.29 is 0 Å². The lowest BCUT2D eigenvalue weighted by Gasteiger charge is -2.44. The average Bonchev–Trinajstić information content (AvgIpc) is 2.52. The standard InChI is InChI=1S/C14H28N2/c1-4-5-10-13(15)14(16(2)3)11-8-6-7-9-12-14/h4,13H,1,5-12,15H2,2-3H3. The summed E-state index contributed by atoms with van der Waals surface area (Å²) in [5, 5.41) is 0. The maximum absolute atomic E-state index is 6.45. The highest BCUT2D eigenvalue weighted by molar-refractivity contribution is 4.98. The van der Waals surface area contributed by atoms with E-state index >= 15 is 0 Å². The van der Waals surface area contributed by atoms with Crippen molar-refractivity contribution in [1.29, 1.82) is 0 Å². The van der Waals surface area contributed by atoms with Crippen LogP contribution in [0.3, 0.4) is 0 Å². The number of nitrogens with zero attached hydrogens (tertiary/aromatic N) is 1. The van der Waals surface area contributed by atoms with Crippen molar-refractivity contribution in [2.75, 3.05) is 14.1 Å². The molecule has 1 rings (SSSR count). The van der Waals surface area contributed by atoms with Gasteiger partial charge in [0.05, 0.1) is 0 Å². The minimum Gasteiger partial charge on any atom is -0.326 e. The fourth-order valence-electron chi connectivity index (χ4n) is 3.06. The first kappa shape index (κ1) is 13.7. The molecule has 0 saturated heterocycles. The molecule has 16 heavy (non-hydrogen) atoms. The summed E-state index contributed by atoms with van der Waals surface area (Å²) in [7, 11) is 4.39. The van der Waals surface area contributed by atoms with Crippen LogP contribution in [0.25, 0.3) is 0 Å². The van der Waals surface area contributed by atoms with Gasteiger partial charge in [0.2, 0.25) is 0 Å². The number of rotatable bonds is 5. The zero-order chi connectivity index (χ0) is 12.0. The number of hydrogen-bond donors (Lipinski definition) is 1. The Kier molecular flexibility index (Phi) is 5.50. The molecule has 1 aliphatic carbocycles. The molecule has 0 aromatic heterocycles. The predicted octanol–water partition coefficient (Wildman–Crippen LogP) is 2.93. The van der Waals surface area contributed by atoms with Crippen LogP contribution in [-0.2, 0) is 0 Å². The van der Waals surface area contributed by atoms with Gasteiger partial charge < -0.3 is 10.6 Å². The second-order valence-electron chi connectivity index (χ2n) is 5.38. The van der Waals surface area contributed by atoms with Crippen LogP contribution in [0.5, 0.6) is 0 Å². The molecule has 0 radical (unpaired) electrons. The fraction of sp³-hybridized carbons (Fsp3) is 0.857. The van der Waals surface area contributed by atoms with Gasteiger partial charge in [-0.3, -0.25) is 0 Å². The van der Waals surface area contributed by atoms with Gasteiger partial charge in [0.25, 0.3) is 0 Å². The smallest absolute Gasteiger partial charge is 0.0354 e. The molecule has 2 nitrogen and oxygen atoms in total. The van der Waals surface area contributed by atoms with Gasteiger partial charge in [0.1, 0.15) is 0 Å². The number of likely N-dealkylation sites (N-methyl/N-ethyl adjacent to an activating group) is 1. The highest BCUT2D eigenvalue weighted by atomic mass is 15.2. The highest BCUT2D eigenvalue weighted by Gasteiger charge is 2.38. The summed E-state index contributed by atoms with van der Waals surface area (Å²) in [5.41, 5.74) is 6.69. The second-order valence-corrected chi connectivity index (χ2v) is 5.38. The molecular weight excluding hydrogens is 196 g/mol. The van der Waals surface area contributed by atoms with Crippen LogP contribution in [0.2, 0.25) is 0 Å². The summed E-state index contributed by atoms with van der Waals surface area (Å²) in [6, 6.07) is 0.290. The lowest BCUT2D eigenvalue weighted by Crippen LogP contribution is -2.57. The van der Waals surface area contributed by atoms with Gasteiger partial charge in [-0.1, -0.05) is 31.8 Å². The molecule has 0 bridgehead atoms. The van der Waals surface area contributed by atoms with E-state index in [0.29, 0.717) is 6.04 Å². The van der Waals surface area contributed by atoms with E-state index in [-0.39, 0.29) is 5.54 Å². The van der Waals surface area contributed by atoms with Crippen molar-refractivity contribution in [1.82, 2.24) is 4.90 Å². The normalized spacial score (nSPS) is 22.8. The molecular formula is C14H28N2. The largest absolute Gasteiger partial charge is 0.326 e. The second kappa shape index (κ2) is 6.41. The highest BCUT2D eigenvalue weighted by Crippen LogP contribution is 2.34. The third-order valence-corrected chi connectivity index (χ3v) is 4.23. The van der Waals surface area contributed by atoms with Gasteiger partial charge in [-0.2, -0.15) is 0 Å². The Balaban J connectivity index is 2.72. The molecule has 0 aromatic carbocycles. The van der Waals surface area contributed by atoms with Crippen LogP contribution in [0.1, 0.15) is 51.4 Å². The summed E-state index contributed by atoms with van der Waals surface area (Å²) < 4.78 is 0. The van der Waals surface area contributed by atoms with Gasteiger partial charge in [-0.25, -0.2) is 0 Å². The van der Waals surface area contributed by atoms with E-state index in [1.165, 1.54) is 38.5 Å². The minimum absolute atomic E-state index is 0.236. The Morgan fingerprint density at radius 2 is 1.81 bits per heavy atom. The molecule has 1 aliphatic rings. The Morgan fingerprint density at radius 3 is 2.25 bits per heavy atom. The average molecular weight is 224 g/mol. The summed E-state index contributed by atoms with van der Waals surface area (Å²) in [6.45, 7) is 3.79. The maximum atomic E-state index is 6.45. The van der Waals surface area contributed by atoms with E-state index in [1.54, 1.807) is 0 Å². The quantitative estimate of drug-likeness (QED) is 0.574. The number of allylic oxidation sites excluding steroid dienone is 1. The summed E-state index contributed by atoms with van der Waals surface area (Å²) in [4.78, 5) is 2.38. The van der Waals surface area contributed by atoms with E-state index in [0.717, 1.165) is 12.8 Å². The molecule has 1 fully saturated rings. The molecule has 0 aromatic rings. The van der Waals surface area contributed by atoms with Gasteiger partial charge in [0.15, 0.2) is 0 Å². The Bertz CT molecular complexity index is 203. The van der Waals surface area contributed by atoms with Crippen LogP contribution in [0.15, 0.2) is 12.7 Å². The van der Waals surface area contributed by atoms with Crippen LogP contribution in [-0.4, -0.2) is 30.6 Å². The molecule has 2 heteroatoms. The van der Waals surface area contributed by atoms with Gasteiger partial charge in [-0.15, -0.1) is 6.58 Å². The fourth-order valence-corrected chi connectivity index (χ4v) is 3.06. The Hall–Kier alpha value is -0.340. The summed E-state index contributed by atoms with van der Waals surface area (Å²) in [6.07, 6.45) is 12.0. The first-order chi connectivity index (χ1) is 7.63. The lowest BCUT2D eigenvalue weighted by molar-refractivity contribution is 0.0936. The molecule has 2 N–H and O–H groups in total. The monoisotopic (exact) mass is 224 g/mol. The minimum atomic E-state index is 0.236. The van der Waals surface area contributed by atoms with Crippen molar-refractivity contribution in [2.45, 2.75) is 62.9 Å². The third kappa shape index (κ3) is 3.08. The van der Waals surface area contributed by atoms with Crippen LogP contribution in [0.4, 0.5) is 0 Å². The molecule has 0 spiro atoms. The van der Waals surface area contributed by atoms with E-state index < -0.39 is 0 Å². The lowest BCUT2D eigenvalue weighted by atomic mass is 9.80. The Morgan fingerprint density at radius 1 is 1.25 bits per heavy atom. The van der Waals surface area contributed by atoms with E-state index in [4.69, 9.17) is 5.73 Å². The topological polar surface area (TPSA) is 29.3 Å². The van der Waals surface area contributed by atoms with Crippen molar-refractivity contribution >= 4 is 0 Å². The van der Waals surface area contributed by atoms with Crippen molar-refractivity contribution in [2.24, 2.45) is 5.73 Å². The molecule has 0 aliphatic heterocycles. The molecule has 1 saturated carbocycles. The summed E-state index contributed by atoms with van der Waals surface area (Å²) >= 11 is 0. The van der Waals surface area contributed by atoms with Crippen molar-refractivity contribution in [3.8, 4) is 0 Å². The number of hydrogen-bond acceptors (Lipinski definition) is 2. The Labute approximate surface area is 101 Å².